The fraction of sp³-hybridized carbons (Fsp3) is 0.650. The Bertz CT molecular complexity index is 597. The van der Waals surface area contributed by atoms with Crippen LogP contribution in [0.1, 0.15) is 57.4 Å². The van der Waals surface area contributed by atoms with Gasteiger partial charge in [-0.3, -0.25) is 0 Å². The molecule has 1 atom stereocenters. The lowest BCUT2D eigenvalue weighted by molar-refractivity contribution is 0.118. The molecule has 5 heteroatoms. The molecule has 25 heavy (non-hydrogen) atoms. The van der Waals surface area contributed by atoms with Gasteiger partial charge >= 0.3 is 6.03 Å². The van der Waals surface area contributed by atoms with Crippen molar-refractivity contribution in [1.82, 2.24) is 5.32 Å². The number of amides is 2. The second kappa shape index (κ2) is 8.09. The van der Waals surface area contributed by atoms with Gasteiger partial charge in [0.15, 0.2) is 0 Å². The molecule has 0 radical (unpaired) electrons. The van der Waals surface area contributed by atoms with Gasteiger partial charge < -0.3 is 20.6 Å². The van der Waals surface area contributed by atoms with Gasteiger partial charge in [-0.2, -0.15) is 0 Å². The van der Waals surface area contributed by atoms with Crippen LogP contribution in [0.2, 0.25) is 0 Å². The lowest BCUT2D eigenvalue weighted by atomic mass is 9.93. The predicted octanol–water partition coefficient (Wildman–Crippen LogP) is 3.80. The first-order chi connectivity index (χ1) is 12.0. The second-order valence-corrected chi connectivity index (χ2v) is 7.64. The number of hydrogen-bond acceptors (Lipinski definition) is 3. The molecule has 3 N–H and O–H groups in total. The summed E-state index contributed by atoms with van der Waals surface area (Å²) >= 11 is 0. The number of carbonyl (C=O) groups is 1. The first-order valence-electron chi connectivity index (χ1n) is 9.66. The third kappa shape index (κ3) is 4.66. The van der Waals surface area contributed by atoms with Crippen LogP contribution >= 0.6 is 0 Å². The average Bonchev–Trinajstić information content (AvgIpc) is 2.59. The Balaban J connectivity index is 1.58. The van der Waals surface area contributed by atoms with Crippen LogP contribution < -0.4 is 15.5 Å². The van der Waals surface area contributed by atoms with Crippen LogP contribution in [0.3, 0.4) is 0 Å². The van der Waals surface area contributed by atoms with Gasteiger partial charge in [-0.15, -0.1) is 0 Å². The minimum atomic E-state index is -0.201. The minimum absolute atomic E-state index is 0.149. The van der Waals surface area contributed by atoms with Gasteiger partial charge in [0.05, 0.1) is 6.10 Å². The van der Waals surface area contributed by atoms with Crippen LogP contribution in [0.15, 0.2) is 18.2 Å². The number of benzene rings is 1. The number of urea groups is 1. The van der Waals surface area contributed by atoms with E-state index in [1.807, 2.05) is 13.0 Å². The number of carbonyl (C=O) groups excluding carboxylic acids is 1. The lowest BCUT2D eigenvalue weighted by Gasteiger charge is -2.35. The van der Waals surface area contributed by atoms with E-state index in [1.54, 1.807) is 0 Å². The first-order valence-corrected chi connectivity index (χ1v) is 9.66. The summed E-state index contributed by atoms with van der Waals surface area (Å²) in [5.74, 6) is 0. The fourth-order valence-corrected chi connectivity index (χ4v) is 4.01. The van der Waals surface area contributed by atoms with Crippen LogP contribution in [0.5, 0.6) is 0 Å². The first kappa shape index (κ1) is 18.1. The van der Waals surface area contributed by atoms with Crippen LogP contribution in [0, 0.1) is 6.92 Å². The topological polar surface area (TPSA) is 64.6 Å². The Morgan fingerprint density at radius 1 is 1.16 bits per heavy atom. The van der Waals surface area contributed by atoms with E-state index < -0.39 is 0 Å². The van der Waals surface area contributed by atoms with Crippen molar-refractivity contribution in [2.45, 2.75) is 77.0 Å². The number of aliphatic hydroxyl groups excluding tert-OH is 1. The Labute approximate surface area is 150 Å². The summed E-state index contributed by atoms with van der Waals surface area (Å²) in [5.41, 5.74) is 3.20. The van der Waals surface area contributed by atoms with Crippen molar-refractivity contribution in [2.75, 3.05) is 16.8 Å². The van der Waals surface area contributed by atoms with Gasteiger partial charge in [-0.05, 0) is 82.6 Å². The zero-order valence-electron chi connectivity index (χ0n) is 15.4. The molecule has 1 saturated carbocycles. The van der Waals surface area contributed by atoms with E-state index in [9.17, 15) is 9.90 Å². The van der Waals surface area contributed by atoms with Crippen molar-refractivity contribution in [3.05, 3.63) is 23.8 Å². The van der Waals surface area contributed by atoms with Gasteiger partial charge in [0.1, 0.15) is 0 Å². The lowest BCUT2D eigenvalue weighted by Crippen LogP contribution is -2.41. The molecule has 1 saturated heterocycles. The maximum Gasteiger partial charge on any atom is 0.319 e. The molecule has 1 aliphatic heterocycles. The van der Waals surface area contributed by atoms with E-state index in [-0.39, 0.29) is 18.2 Å². The SMILES string of the molecule is Cc1cc(N2CCCCC2C)ccc1NC(=O)NC1CCC(O)CC1. The normalized spacial score (nSPS) is 27.0. The molecule has 2 aliphatic rings. The number of hydrogen-bond donors (Lipinski definition) is 3. The zero-order chi connectivity index (χ0) is 17.8. The number of nitrogens with one attached hydrogen (secondary N) is 2. The van der Waals surface area contributed by atoms with Crippen molar-refractivity contribution >= 4 is 17.4 Å². The van der Waals surface area contributed by atoms with Crippen molar-refractivity contribution in [1.29, 1.82) is 0 Å². The maximum absolute atomic E-state index is 12.3. The minimum Gasteiger partial charge on any atom is -0.393 e. The van der Waals surface area contributed by atoms with E-state index in [0.29, 0.717) is 6.04 Å². The highest BCUT2D eigenvalue weighted by atomic mass is 16.3. The maximum atomic E-state index is 12.3. The Morgan fingerprint density at radius 3 is 2.60 bits per heavy atom. The summed E-state index contributed by atoms with van der Waals surface area (Å²) in [6.45, 7) is 5.45. The average molecular weight is 345 g/mol. The molecule has 5 nitrogen and oxygen atoms in total. The molecule has 2 amide bonds. The highest BCUT2D eigenvalue weighted by Crippen LogP contribution is 2.28. The molecule has 0 bridgehead atoms. The third-order valence-corrected chi connectivity index (χ3v) is 5.62. The van der Waals surface area contributed by atoms with E-state index >= 15 is 0 Å². The number of rotatable bonds is 3. The van der Waals surface area contributed by atoms with E-state index in [1.165, 1.54) is 24.9 Å². The van der Waals surface area contributed by atoms with Crippen LogP contribution in [0.4, 0.5) is 16.2 Å². The van der Waals surface area contributed by atoms with Crippen molar-refractivity contribution in [3.8, 4) is 0 Å². The number of nitrogens with zero attached hydrogens (tertiary/aromatic N) is 1. The number of piperidine rings is 1. The Hall–Kier alpha value is -1.75. The molecule has 138 valence electrons. The number of aryl methyl sites for hydroxylation is 1. The molecule has 1 aromatic rings. The summed E-state index contributed by atoms with van der Waals surface area (Å²) in [5, 5.41) is 15.6. The molecular weight excluding hydrogens is 314 g/mol. The molecule has 1 heterocycles. The van der Waals surface area contributed by atoms with E-state index in [0.717, 1.165) is 43.5 Å². The summed E-state index contributed by atoms with van der Waals surface area (Å²) in [6, 6.07) is 6.89. The highest BCUT2D eigenvalue weighted by Gasteiger charge is 2.22. The monoisotopic (exact) mass is 345 g/mol. The molecule has 0 spiro atoms. The molecule has 2 fully saturated rings. The van der Waals surface area contributed by atoms with E-state index in [2.05, 4.69) is 34.6 Å². The molecular formula is C20H31N3O2. The molecule has 1 aromatic carbocycles. The van der Waals surface area contributed by atoms with Gasteiger partial charge in [-0.1, -0.05) is 0 Å². The van der Waals surface area contributed by atoms with Crippen molar-refractivity contribution in [2.24, 2.45) is 0 Å². The van der Waals surface area contributed by atoms with Gasteiger partial charge in [0, 0.05) is 30.0 Å². The Morgan fingerprint density at radius 2 is 1.92 bits per heavy atom. The third-order valence-electron chi connectivity index (χ3n) is 5.62. The molecule has 0 aromatic heterocycles. The number of anilines is 2. The predicted molar refractivity (Wildman–Crippen MR) is 102 cm³/mol. The largest absolute Gasteiger partial charge is 0.393 e. The summed E-state index contributed by atoms with van der Waals surface area (Å²) in [4.78, 5) is 14.7. The molecule has 3 rings (SSSR count). The highest BCUT2D eigenvalue weighted by molar-refractivity contribution is 5.90. The van der Waals surface area contributed by atoms with Crippen LogP contribution in [-0.4, -0.2) is 35.9 Å². The summed E-state index contributed by atoms with van der Waals surface area (Å²) < 4.78 is 0. The van der Waals surface area contributed by atoms with Gasteiger partial charge in [0.2, 0.25) is 0 Å². The quantitative estimate of drug-likeness (QED) is 0.781. The van der Waals surface area contributed by atoms with E-state index in [4.69, 9.17) is 0 Å². The Kier molecular flexibility index (Phi) is 5.84. The fourth-order valence-electron chi connectivity index (χ4n) is 4.01. The van der Waals surface area contributed by atoms with Gasteiger partial charge in [0.25, 0.3) is 0 Å². The van der Waals surface area contributed by atoms with Crippen LogP contribution in [0.25, 0.3) is 0 Å². The second-order valence-electron chi connectivity index (χ2n) is 7.64. The molecule has 1 aliphatic carbocycles. The summed E-state index contributed by atoms with van der Waals surface area (Å²) in [6.07, 6.45) is 6.85. The molecule has 1 unspecified atom stereocenters. The van der Waals surface area contributed by atoms with Gasteiger partial charge in [-0.25, -0.2) is 4.79 Å². The number of aliphatic hydroxyl groups is 1. The van der Waals surface area contributed by atoms with Crippen molar-refractivity contribution in [3.63, 3.8) is 0 Å². The smallest absolute Gasteiger partial charge is 0.319 e. The zero-order valence-corrected chi connectivity index (χ0v) is 15.4. The summed E-state index contributed by atoms with van der Waals surface area (Å²) in [7, 11) is 0. The van der Waals surface area contributed by atoms with Crippen LogP contribution in [-0.2, 0) is 0 Å². The standard InChI is InChI=1S/C20H31N3O2/c1-14-13-17(23-12-4-3-5-15(23)2)8-11-19(14)22-20(25)21-16-6-9-18(24)10-7-16/h8,11,13,15-16,18,24H,3-7,9-10,12H2,1-2H3,(H2,21,22,25). The van der Waals surface area contributed by atoms with Crippen molar-refractivity contribution < 1.29 is 9.90 Å².